The quantitative estimate of drug-likeness (QED) is 0.706. The highest BCUT2D eigenvalue weighted by atomic mass is 32.2. The maximum Gasteiger partial charge on any atom is 0.229 e. The van der Waals surface area contributed by atoms with E-state index in [1.165, 1.54) is 23.5 Å². The van der Waals surface area contributed by atoms with E-state index in [4.69, 9.17) is 4.74 Å². The molecule has 1 heterocycles. The van der Waals surface area contributed by atoms with Crippen LogP contribution < -0.4 is 9.46 Å². The van der Waals surface area contributed by atoms with Crippen LogP contribution in [0, 0.1) is 5.82 Å². The van der Waals surface area contributed by atoms with Crippen molar-refractivity contribution in [2.24, 2.45) is 0 Å². The molecule has 0 aliphatic carbocycles. The van der Waals surface area contributed by atoms with Gasteiger partial charge in [-0.1, -0.05) is 12.1 Å². The predicted molar refractivity (Wildman–Crippen MR) is 96.7 cm³/mol. The maximum absolute atomic E-state index is 12.9. The Balaban J connectivity index is 1.65. The summed E-state index contributed by atoms with van der Waals surface area (Å²) in [6.07, 6.45) is 1.11. The van der Waals surface area contributed by atoms with Crippen LogP contribution in [0.5, 0.6) is 5.75 Å². The fourth-order valence-corrected chi connectivity index (χ4v) is 3.39. The van der Waals surface area contributed by atoms with Gasteiger partial charge in [0.15, 0.2) is 0 Å². The Hall–Kier alpha value is -2.45. The van der Waals surface area contributed by atoms with Crippen LogP contribution in [0.4, 0.5) is 10.1 Å². The van der Waals surface area contributed by atoms with Crippen LogP contribution >= 0.6 is 11.3 Å². The molecule has 0 aliphatic rings. The molecule has 1 N–H and O–H groups in total. The van der Waals surface area contributed by atoms with Gasteiger partial charge in [-0.2, -0.15) is 0 Å². The number of anilines is 1. The Bertz CT molecular complexity index is 952. The van der Waals surface area contributed by atoms with Crippen LogP contribution in [0.15, 0.2) is 53.9 Å². The number of rotatable bonds is 6. The SMILES string of the molecule is CS(=O)(=O)Nc1ccc(-c2csc(COc3ccc(F)cc3)n2)cc1. The molecule has 5 nitrogen and oxygen atoms in total. The van der Waals surface area contributed by atoms with E-state index in [0.717, 1.165) is 22.5 Å². The minimum atomic E-state index is -3.29. The Morgan fingerprint density at radius 1 is 1.12 bits per heavy atom. The molecular formula is C17H15FN2O3S2. The summed E-state index contributed by atoms with van der Waals surface area (Å²) >= 11 is 1.46. The topological polar surface area (TPSA) is 68.3 Å². The highest BCUT2D eigenvalue weighted by molar-refractivity contribution is 7.92. The van der Waals surface area contributed by atoms with Crippen molar-refractivity contribution in [3.63, 3.8) is 0 Å². The molecule has 0 amide bonds. The van der Waals surface area contributed by atoms with Crippen molar-refractivity contribution in [1.82, 2.24) is 4.98 Å². The van der Waals surface area contributed by atoms with Gasteiger partial charge in [0.2, 0.25) is 10.0 Å². The molecule has 130 valence electrons. The van der Waals surface area contributed by atoms with Crippen LogP contribution in [0.25, 0.3) is 11.3 Å². The van der Waals surface area contributed by atoms with Crippen LogP contribution in [0.1, 0.15) is 5.01 Å². The number of sulfonamides is 1. The molecule has 0 aliphatic heterocycles. The second kappa shape index (κ2) is 7.20. The first-order valence-corrected chi connectivity index (χ1v) is 10.1. The summed E-state index contributed by atoms with van der Waals surface area (Å²) in [5.41, 5.74) is 2.17. The maximum atomic E-state index is 12.9. The largest absolute Gasteiger partial charge is 0.486 e. The monoisotopic (exact) mass is 378 g/mol. The molecule has 25 heavy (non-hydrogen) atoms. The van der Waals surface area contributed by atoms with Crippen molar-refractivity contribution in [2.45, 2.75) is 6.61 Å². The first-order chi connectivity index (χ1) is 11.9. The molecule has 0 fully saturated rings. The number of nitrogens with zero attached hydrogens (tertiary/aromatic N) is 1. The van der Waals surface area contributed by atoms with Gasteiger partial charge in [-0.25, -0.2) is 17.8 Å². The lowest BCUT2D eigenvalue weighted by Crippen LogP contribution is -2.09. The van der Waals surface area contributed by atoms with Gasteiger partial charge in [-0.3, -0.25) is 4.72 Å². The highest BCUT2D eigenvalue weighted by Gasteiger charge is 2.07. The standard InChI is InChI=1S/C17H15FN2O3S2/c1-25(21,22)20-14-6-2-12(3-7-14)16-11-24-17(19-16)10-23-15-8-4-13(18)5-9-15/h2-9,11,20H,10H2,1H3. The van der Waals surface area contributed by atoms with E-state index in [1.54, 1.807) is 36.4 Å². The van der Waals surface area contributed by atoms with Gasteiger partial charge < -0.3 is 4.74 Å². The van der Waals surface area contributed by atoms with E-state index in [0.29, 0.717) is 18.0 Å². The molecule has 0 atom stereocenters. The van der Waals surface area contributed by atoms with Crippen LogP contribution in [0.3, 0.4) is 0 Å². The van der Waals surface area contributed by atoms with Gasteiger partial charge in [0.1, 0.15) is 23.2 Å². The highest BCUT2D eigenvalue weighted by Crippen LogP contribution is 2.24. The molecule has 3 rings (SSSR count). The summed E-state index contributed by atoms with van der Waals surface area (Å²) in [5.74, 6) is 0.270. The molecule has 0 saturated carbocycles. The number of ether oxygens (including phenoxy) is 1. The van der Waals surface area contributed by atoms with Crippen LogP contribution in [-0.4, -0.2) is 19.7 Å². The lowest BCUT2D eigenvalue weighted by molar-refractivity contribution is 0.305. The summed E-state index contributed by atoms with van der Waals surface area (Å²) in [6.45, 7) is 0.296. The fraction of sp³-hybridized carbons (Fsp3) is 0.118. The predicted octanol–water partition coefficient (Wildman–Crippen LogP) is 3.90. The summed E-state index contributed by atoms with van der Waals surface area (Å²) in [6, 6.07) is 12.8. The minimum Gasteiger partial charge on any atom is -0.486 e. The summed E-state index contributed by atoms with van der Waals surface area (Å²) in [7, 11) is -3.29. The van der Waals surface area contributed by atoms with Crippen LogP contribution in [-0.2, 0) is 16.6 Å². The number of halogens is 1. The first-order valence-electron chi connectivity index (χ1n) is 7.30. The van der Waals surface area contributed by atoms with E-state index in [-0.39, 0.29) is 5.82 Å². The molecule has 8 heteroatoms. The number of nitrogens with one attached hydrogen (secondary N) is 1. The smallest absolute Gasteiger partial charge is 0.229 e. The minimum absolute atomic E-state index is 0.296. The molecule has 2 aromatic carbocycles. The normalized spacial score (nSPS) is 11.3. The number of aromatic nitrogens is 1. The van der Waals surface area contributed by atoms with E-state index in [9.17, 15) is 12.8 Å². The Morgan fingerprint density at radius 2 is 1.80 bits per heavy atom. The Labute approximate surface area is 149 Å². The van der Waals surface area contributed by atoms with E-state index >= 15 is 0 Å². The average molecular weight is 378 g/mol. The third-order valence-electron chi connectivity index (χ3n) is 3.21. The second-order valence-corrected chi connectivity index (χ2v) is 8.01. The lowest BCUT2D eigenvalue weighted by atomic mass is 10.1. The van der Waals surface area contributed by atoms with Crippen molar-refractivity contribution in [1.29, 1.82) is 0 Å². The Kier molecular flexibility index (Phi) is 5.00. The van der Waals surface area contributed by atoms with Gasteiger partial charge in [0.05, 0.1) is 11.9 Å². The van der Waals surface area contributed by atoms with Crippen molar-refractivity contribution >= 4 is 27.0 Å². The molecular weight excluding hydrogens is 363 g/mol. The van der Waals surface area contributed by atoms with Gasteiger partial charge in [0, 0.05) is 16.6 Å². The fourth-order valence-electron chi connectivity index (χ4n) is 2.11. The zero-order chi connectivity index (χ0) is 17.9. The van der Waals surface area contributed by atoms with Gasteiger partial charge in [-0.15, -0.1) is 11.3 Å². The van der Waals surface area contributed by atoms with Crippen molar-refractivity contribution < 1.29 is 17.5 Å². The van der Waals surface area contributed by atoms with Crippen molar-refractivity contribution in [2.75, 3.05) is 11.0 Å². The van der Waals surface area contributed by atoms with E-state index < -0.39 is 10.0 Å². The van der Waals surface area contributed by atoms with Crippen molar-refractivity contribution in [3.8, 4) is 17.0 Å². The lowest BCUT2D eigenvalue weighted by Gasteiger charge is -2.04. The molecule has 1 aromatic heterocycles. The van der Waals surface area contributed by atoms with Crippen LogP contribution in [0.2, 0.25) is 0 Å². The molecule has 0 saturated heterocycles. The third kappa shape index (κ3) is 5.01. The first kappa shape index (κ1) is 17.4. The second-order valence-electron chi connectivity index (χ2n) is 5.32. The number of hydrogen-bond acceptors (Lipinski definition) is 5. The molecule has 0 spiro atoms. The average Bonchev–Trinajstić information content (AvgIpc) is 3.02. The molecule has 3 aromatic rings. The Morgan fingerprint density at radius 3 is 2.44 bits per heavy atom. The third-order valence-corrected chi connectivity index (χ3v) is 4.64. The number of benzene rings is 2. The van der Waals surface area contributed by atoms with Gasteiger partial charge in [-0.05, 0) is 36.4 Å². The number of thiazole rings is 1. The van der Waals surface area contributed by atoms with Gasteiger partial charge in [0.25, 0.3) is 0 Å². The summed E-state index contributed by atoms with van der Waals surface area (Å²) < 4.78 is 43.3. The summed E-state index contributed by atoms with van der Waals surface area (Å²) in [5, 5.41) is 2.69. The zero-order valence-electron chi connectivity index (χ0n) is 13.3. The van der Waals surface area contributed by atoms with Crippen molar-refractivity contribution in [3.05, 3.63) is 64.7 Å². The van der Waals surface area contributed by atoms with Gasteiger partial charge >= 0.3 is 0 Å². The van der Waals surface area contributed by atoms with E-state index in [1.807, 2.05) is 5.38 Å². The summed E-state index contributed by atoms with van der Waals surface area (Å²) in [4.78, 5) is 4.50. The molecule has 0 radical (unpaired) electrons. The number of hydrogen-bond donors (Lipinski definition) is 1. The zero-order valence-corrected chi connectivity index (χ0v) is 14.9. The molecule has 0 bridgehead atoms. The molecule has 0 unspecified atom stereocenters. The van der Waals surface area contributed by atoms with E-state index in [2.05, 4.69) is 9.71 Å².